The van der Waals surface area contributed by atoms with Crippen molar-refractivity contribution >= 4 is 50.9 Å². The number of hydrogen-bond acceptors (Lipinski definition) is 5. The molecule has 1 heterocycles. The Hall–Kier alpha value is -2.40. The maximum absolute atomic E-state index is 12.5. The van der Waals surface area contributed by atoms with Crippen molar-refractivity contribution < 1.29 is 27.5 Å². The predicted octanol–water partition coefficient (Wildman–Crippen LogP) is 3.57. The number of nitrogens with zero attached hydrogens (tertiary/aromatic N) is 2. The first-order valence-electron chi connectivity index (χ1n) is 6.74. The maximum atomic E-state index is 12.5. The second-order valence-electron chi connectivity index (χ2n) is 4.64. The van der Waals surface area contributed by atoms with Crippen LogP contribution in [-0.4, -0.2) is 34.3 Å². The van der Waals surface area contributed by atoms with Gasteiger partial charge >= 0.3 is 6.36 Å². The number of amides is 2. The average molecular weight is 454 g/mol. The third-order valence-corrected chi connectivity index (χ3v) is 3.40. The van der Waals surface area contributed by atoms with Crippen molar-refractivity contribution in [1.29, 1.82) is 0 Å². The van der Waals surface area contributed by atoms with Crippen LogP contribution in [0.25, 0.3) is 0 Å². The van der Waals surface area contributed by atoms with Crippen LogP contribution >= 0.6 is 27.5 Å². The van der Waals surface area contributed by atoms with E-state index in [9.17, 15) is 22.8 Å². The Morgan fingerprint density at radius 3 is 2.46 bits per heavy atom. The van der Waals surface area contributed by atoms with E-state index >= 15 is 0 Å². The fourth-order valence-corrected chi connectivity index (χ4v) is 2.02. The first-order chi connectivity index (χ1) is 12.2. The molecule has 138 valence electrons. The van der Waals surface area contributed by atoms with Crippen LogP contribution in [-0.2, 0) is 4.79 Å². The fourth-order valence-electron chi connectivity index (χ4n) is 1.74. The van der Waals surface area contributed by atoms with Gasteiger partial charge in [-0.2, -0.15) is 0 Å². The SMILES string of the molecule is O=C(CCl)Nc1cc(C(=O)Nc2ccc(Br)nn2)ccc1OC(F)(F)F. The van der Waals surface area contributed by atoms with Crippen molar-refractivity contribution in [3.63, 3.8) is 0 Å². The highest BCUT2D eigenvalue weighted by Crippen LogP contribution is 2.31. The first kappa shape index (κ1) is 19.9. The van der Waals surface area contributed by atoms with Gasteiger partial charge in [0, 0.05) is 5.56 Å². The van der Waals surface area contributed by atoms with E-state index in [4.69, 9.17) is 11.6 Å². The molecule has 1 aromatic carbocycles. The highest BCUT2D eigenvalue weighted by Gasteiger charge is 2.32. The number of nitrogens with one attached hydrogen (secondary N) is 2. The van der Waals surface area contributed by atoms with E-state index in [2.05, 4.69) is 41.5 Å². The lowest BCUT2D eigenvalue weighted by Crippen LogP contribution is -2.21. The van der Waals surface area contributed by atoms with E-state index in [-0.39, 0.29) is 17.1 Å². The Balaban J connectivity index is 2.27. The van der Waals surface area contributed by atoms with Gasteiger partial charge in [-0.3, -0.25) is 9.59 Å². The molecule has 2 amide bonds. The Kier molecular flexibility index (Phi) is 6.37. The van der Waals surface area contributed by atoms with Gasteiger partial charge in [-0.05, 0) is 46.3 Å². The first-order valence-corrected chi connectivity index (χ1v) is 8.07. The van der Waals surface area contributed by atoms with E-state index < -0.39 is 29.8 Å². The van der Waals surface area contributed by atoms with Gasteiger partial charge in [0.2, 0.25) is 5.91 Å². The Labute approximate surface area is 158 Å². The molecule has 0 aliphatic rings. The average Bonchev–Trinajstić information content (AvgIpc) is 2.57. The smallest absolute Gasteiger partial charge is 0.404 e. The van der Waals surface area contributed by atoms with E-state index in [0.29, 0.717) is 4.60 Å². The number of carbonyl (C=O) groups is 2. The molecule has 0 saturated heterocycles. The molecule has 0 atom stereocenters. The number of ether oxygens (including phenoxy) is 1. The van der Waals surface area contributed by atoms with Gasteiger partial charge in [0.15, 0.2) is 11.6 Å². The van der Waals surface area contributed by atoms with Gasteiger partial charge < -0.3 is 15.4 Å². The molecule has 2 N–H and O–H groups in total. The van der Waals surface area contributed by atoms with Crippen LogP contribution in [0.1, 0.15) is 10.4 Å². The highest BCUT2D eigenvalue weighted by molar-refractivity contribution is 9.10. The van der Waals surface area contributed by atoms with Crippen molar-refractivity contribution in [2.75, 3.05) is 16.5 Å². The Morgan fingerprint density at radius 1 is 1.15 bits per heavy atom. The molecule has 0 spiro atoms. The van der Waals surface area contributed by atoms with Gasteiger partial charge in [-0.1, -0.05) is 0 Å². The van der Waals surface area contributed by atoms with E-state index in [1.54, 1.807) is 0 Å². The number of rotatable bonds is 5. The molecular formula is C14H9BrClF3N4O3. The van der Waals surface area contributed by atoms with Crippen LogP contribution in [0, 0.1) is 0 Å². The van der Waals surface area contributed by atoms with E-state index in [0.717, 1.165) is 18.2 Å². The summed E-state index contributed by atoms with van der Waals surface area (Å²) in [5.41, 5.74) is -0.406. The quantitative estimate of drug-likeness (QED) is 0.675. The molecule has 0 aliphatic heterocycles. The molecule has 0 unspecified atom stereocenters. The minimum Gasteiger partial charge on any atom is -0.404 e. The molecule has 0 aliphatic carbocycles. The number of alkyl halides is 4. The molecule has 0 radical (unpaired) electrons. The molecular weight excluding hydrogens is 445 g/mol. The van der Waals surface area contributed by atoms with Crippen molar-refractivity contribution in [2.24, 2.45) is 0 Å². The standard InChI is InChI=1S/C14H9BrClF3N4O3/c15-10-3-4-11(23-22-10)21-13(25)7-1-2-9(26-14(17,18)19)8(5-7)20-12(24)6-16/h1-5H,6H2,(H,20,24)(H,21,23,25). The molecule has 12 heteroatoms. The zero-order valence-corrected chi connectivity index (χ0v) is 14.9. The van der Waals surface area contributed by atoms with Crippen LogP contribution in [0.3, 0.4) is 0 Å². The summed E-state index contributed by atoms with van der Waals surface area (Å²) in [6.07, 6.45) is -4.97. The lowest BCUT2D eigenvalue weighted by Gasteiger charge is -2.15. The number of aromatic nitrogens is 2. The molecule has 7 nitrogen and oxygen atoms in total. The number of carbonyl (C=O) groups excluding carboxylic acids is 2. The summed E-state index contributed by atoms with van der Waals surface area (Å²) in [7, 11) is 0. The van der Waals surface area contributed by atoms with Gasteiger partial charge in [-0.25, -0.2) is 0 Å². The number of anilines is 2. The summed E-state index contributed by atoms with van der Waals surface area (Å²) < 4.78 is 41.7. The van der Waals surface area contributed by atoms with Gasteiger partial charge in [0.05, 0.1) is 5.69 Å². The normalized spacial score (nSPS) is 11.0. The Morgan fingerprint density at radius 2 is 1.88 bits per heavy atom. The second-order valence-corrected chi connectivity index (χ2v) is 5.72. The van der Waals surface area contributed by atoms with Gasteiger partial charge in [0.25, 0.3) is 5.91 Å². The monoisotopic (exact) mass is 452 g/mol. The highest BCUT2D eigenvalue weighted by atomic mass is 79.9. The lowest BCUT2D eigenvalue weighted by atomic mass is 10.1. The largest absolute Gasteiger partial charge is 0.573 e. The molecule has 26 heavy (non-hydrogen) atoms. The molecule has 2 aromatic rings. The van der Waals surface area contributed by atoms with Crippen LogP contribution in [0.2, 0.25) is 0 Å². The zero-order chi connectivity index (χ0) is 19.3. The maximum Gasteiger partial charge on any atom is 0.573 e. The number of halogens is 5. The van der Waals surface area contributed by atoms with Crippen LogP contribution in [0.4, 0.5) is 24.7 Å². The molecule has 0 bridgehead atoms. The van der Waals surface area contributed by atoms with Crippen LogP contribution in [0.5, 0.6) is 5.75 Å². The summed E-state index contributed by atoms with van der Waals surface area (Å²) in [5, 5.41) is 11.9. The topological polar surface area (TPSA) is 93.2 Å². The van der Waals surface area contributed by atoms with E-state index in [1.165, 1.54) is 12.1 Å². The summed E-state index contributed by atoms with van der Waals surface area (Å²) in [4.78, 5) is 23.6. The summed E-state index contributed by atoms with van der Waals surface area (Å²) in [6.45, 7) is 0. The summed E-state index contributed by atoms with van der Waals surface area (Å²) in [6, 6.07) is 6.02. The zero-order valence-electron chi connectivity index (χ0n) is 12.6. The van der Waals surface area contributed by atoms with Crippen molar-refractivity contribution in [3.8, 4) is 5.75 Å². The minimum atomic E-state index is -4.97. The van der Waals surface area contributed by atoms with Crippen molar-refractivity contribution in [2.45, 2.75) is 6.36 Å². The molecule has 1 aromatic heterocycles. The van der Waals surface area contributed by atoms with E-state index in [1.807, 2.05) is 0 Å². The summed E-state index contributed by atoms with van der Waals surface area (Å²) in [5.74, 6) is -2.50. The minimum absolute atomic E-state index is 0.0471. The Bertz CT molecular complexity index is 818. The van der Waals surface area contributed by atoms with Crippen molar-refractivity contribution in [1.82, 2.24) is 10.2 Å². The van der Waals surface area contributed by atoms with Crippen LogP contribution < -0.4 is 15.4 Å². The summed E-state index contributed by atoms with van der Waals surface area (Å²) >= 11 is 8.42. The fraction of sp³-hybridized carbons (Fsp3) is 0.143. The van der Waals surface area contributed by atoms with Crippen LogP contribution in [0.15, 0.2) is 34.9 Å². The number of hydrogen-bond donors (Lipinski definition) is 2. The van der Waals surface area contributed by atoms with Gasteiger partial charge in [-0.15, -0.1) is 35.0 Å². The molecule has 0 fully saturated rings. The molecule has 0 saturated carbocycles. The number of benzene rings is 1. The third-order valence-electron chi connectivity index (χ3n) is 2.74. The lowest BCUT2D eigenvalue weighted by molar-refractivity contribution is -0.274. The third kappa shape index (κ3) is 5.85. The second kappa shape index (κ2) is 8.32. The van der Waals surface area contributed by atoms with Crippen molar-refractivity contribution in [3.05, 3.63) is 40.5 Å². The predicted molar refractivity (Wildman–Crippen MR) is 90.2 cm³/mol. The molecule has 2 rings (SSSR count). The van der Waals surface area contributed by atoms with Gasteiger partial charge in [0.1, 0.15) is 10.5 Å².